The number of nitrogens with one attached hydrogen (secondary N) is 3. The van der Waals surface area contributed by atoms with Crippen molar-refractivity contribution in [3.63, 3.8) is 0 Å². The van der Waals surface area contributed by atoms with Gasteiger partial charge < -0.3 is 30.9 Å². The highest BCUT2D eigenvalue weighted by molar-refractivity contribution is 5.85. The first-order valence-electron chi connectivity index (χ1n) is 10.3. The number of nitrogens with zero attached hydrogens (tertiary/aromatic N) is 5. The van der Waals surface area contributed by atoms with Gasteiger partial charge in [-0.2, -0.15) is 4.98 Å². The lowest BCUT2D eigenvalue weighted by Gasteiger charge is -2.23. The molecule has 0 aliphatic carbocycles. The summed E-state index contributed by atoms with van der Waals surface area (Å²) in [5, 5.41) is 30.7. The van der Waals surface area contributed by atoms with Crippen LogP contribution < -0.4 is 21.6 Å². The van der Waals surface area contributed by atoms with Crippen molar-refractivity contribution in [2.75, 3.05) is 25.0 Å². The van der Waals surface area contributed by atoms with Gasteiger partial charge in [0.1, 0.15) is 18.0 Å². The number of carbonyl (C=O) groups excluding carboxylic acids is 2. The third-order valence-corrected chi connectivity index (χ3v) is 4.93. The first kappa shape index (κ1) is 26.0. The number of ether oxygens (including phenoxy) is 1. The predicted molar refractivity (Wildman–Crippen MR) is 112 cm³/mol. The number of hydrogen-bond donors (Lipinski definition) is 5. The molecule has 1 aromatic rings. The van der Waals surface area contributed by atoms with Crippen LogP contribution in [0.1, 0.15) is 32.9 Å². The van der Waals surface area contributed by atoms with Gasteiger partial charge in [0, 0.05) is 30.6 Å². The zero-order chi connectivity index (χ0) is 24.6. The Bertz CT molecular complexity index is 954. The molecule has 1 saturated heterocycles. The van der Waals surface area contributed by atoms with Crippen molar-refractivity contribution in [3.8, 4) is 0 Å². The Kier molecular flexibility index (Phi) is 9.11. The van der Waals surface area contributed by atoms with Crippen LogP contribution in [-0.2, 0) is 14.3 Å². The second-order valence-corrected chi connectivity index (χ2v) is 7.18. The zero-order valence-electron chi connectivity index (χ0n) is 18.1. The van der Waals surface area contributed by atoms with Crippen LogP contribution in [-0.4, -0.2) is 75.3 Å². The number of aromatic nitrogens is 2. The Balaban J connectivity index is 2.22. The van der Waals surface area contributed by atoms with E-state index in [1.807, 2.05) is 0 Å². The highest BCUT2D eigenvalue weighted by Crippen LogP contribution is 2.39. The number of alkyl halides is 1. The molecule has 0 bridgehead atoms. The minimum absolute atomic E-state index is 0.0131. The number of azide groups is 1. The maximum atomic E-state index is 14.6. The molecule has 0 radical (unpaired) electrons. The molecule has 0 saturated carbocycles. The van der Waals surface area contributed by atoms with Gasteiger partial charge in [-0.1, -0.05) is 5.11 Å². The van der Waals surface area contributed by atoms with Gasteiger partial charge >= 0.3 is 5.69 Å². The Morgan fingerprint density at radius 3 is 2.70 bits per heavy atom. The van der Waals surface area contributed by atoms with E-state index in [-0.39, 0.29) is 24.6 Å². The molecule has 2 heterocycles. The second-order valence-electron chi connectivity index (χ2n) is 7.18. The Hall–Kier alpha value is -3.26. The maximum absolute atomic E-state index is 14.6. The number of amides is 2. The Labute approximate surface area is 187 Å². The number of aliphatic hydroxyl groups is 2. The van der Waals surface area contributed by atoms with Gasteiger partial charge in [-0.05, 0) is 31.9 Å². The molecule has 15 heteroatoms. The number of rotatable bonds is 11. The van der Waals surface area contributed by atoms with Crippen molar-refractivity contribution in [2.24, 2.45) is 5.11 Å². The van der Waals surface area contributed by atoms with E-state index < -0.39 is 48.5 Å². The first-order valence-corrected chi connectivity index (χ1v) is 10.3. The van der Waals surface area contributed by atoms with Gasteiger partial charge in [-0.3, -0.25) is 14.2 Å². The normalized spacial score (nSPS) is 25.1. The monoisotopic (exact) mass is 470 g/mol. The molecule has 5 atom stereocenters. The summed E-state index contributed by atoms with van der Waals surface area (Å²) in [7, 11) is 0. The molecule has 2 amide bonds. The van der Waals surface area contributed by atoms with Gasteiger partial charge in [0.25, 0.3) is 0 Å². The van der Waals surface area contributed by atoms with Crippen LogP contribution in [0.3, 0.4) is 0 Å². The fraction of sp³-hybridized carbons (Fsp3) is 0.667. The summed E-state index contributed by atoms with van der Waals surface area (Å²) in [5.41, 5.74) is 5.35. The van der Waals surface area contributed by atoms with E-state index in [1.165, 1.54) is 6.07 Å². The molecule has 1 fully saturated rings. The predicted octanol–water partition coefficient (Wildman–Crippen LogP) is -0.697. The zero-order valence-corrected chi connectivity index (χ0v) is 18.1. The van der Waals surface area contributed by atoms with Crippen molar-refractivity contribution in [3.05, 3.63) is 33.2 Å². The number of likely N-dealkylation sites (N-methyl/N-ethyl adjacent to an activating group) is 1. The minimum atomic E-state index is -2.29. The smallest absolute Gasteiger partial charge is 0.351 e. The molecular weight excluding hydrogens is 443 g/mol. The van der Waals surface area contributed by atoms with E-state index in [4.69, 9.17) is 10.3 Å². The summed E-state index contributed by atoms with van der Waals surface area (Å²) >= 11 is 0. The Morgan fingerprint density at radius 2 is 2.12 bits per heavy atom. The molecule has 2 rings (SSSR count). The van der Waals surface area contributed by atoms with Gasteiger partial charge in [0.15, 0.2) is 12.4 Å². The third-order valence-electron chi connectivity index (χ3n) is 4.93. The average Bonchev–Trinajstić information content (AvgIpc) is 3.03. The molecule has 33 heavy (non-hydrogen) atoms. The summed E-state index contributed by atoms with van der Waals surface area (Å²) in [6, 6.07) is 0.398. The molecule has 182 valence electrons. The lowest BCUT2D eigenvalue weighted by Crippen LogP contribution is -2.43. The highest BCUT2D eigenvalue weighted by atomic mass is 19.1. The van der Waals surface area contributed by atoms with E-state index in [0.29, 0.717) is 13.1 Å². The summed E-state index contributed by atoms with van der Waals surface area (Å²) in [6.07, 6.45) is -4.66. The number of anilines is 1. The first-order chi connectivity index (χ1) is 15.7. The van der Waals surface area contributed by atoms with Crippen LogP contribution in [0.5, 0.6) is 0 Å². The van der Waals surface area contributed by atoms with Crippen LogP contribution in [0.25, 0.3) is 10.4 Å². The molecular formula is C18H27FN8O6. The lowest BCUT2D eigenvalue weighted by atomic mass is 10.1. The minimum Gasteiger partial charge on any atom is -0.393 e. The molecule has 0 unspecified atom stereocenters. The van der Waals surface area contributed by atoms with E-state index in [1.54, 1.807) is 13.8 Å². The Morgan fingerprint density at radius 1 is 1.42 bits per heavy atom. The SMILES string of the molecule is CCNC(=O)CC[C@H](Nc1ccn([C@@H]2O[C@@](CO)(N=[N+]=[N-])[C@@H](O)[C@@H]2F)c(=O)n1)C(=O)NCC. The molecule has 5 N–H and O–H groups in total. The van der Waals surface area contributed by atoms with E-state index in [0.717, 1.165) is 10.8 Å². The fourth-order valence-corrected chi connectivity index (χ4v) is 3.27. The standard InChI is InChI=1S/C18H27FN8O6/c1-3-21-12(29)6-5-10(15(31)22-4-2)23-11-7-8-27(17(32)24-11)16-13(19)14(30)18(9-28,33-16)25-26-20/h7-8,10,13-14,16,28,30H,3-6,9H2,1-2H3,(H,21,29)(H,22,31)(H,23,24,32)/t10-,13-,14-,16+,18+/m0/s1. The molecule has 1 aliphatic heterocycles. The maximum Gasteiger partial charge on any atom is 0.351 e. The molecule has 0 spiro atoms. The number of aliphatic hydroxyl groups excluding tert-OH is 2. The van der Waals surface area contributed by atoms with Crippen LogP contribution in [0.2, 0.25) is 0 Å². The summed E-state index contributed by atoms with van der Waals surface area (Å²) < 4.78 is 20.6. The van der Waals surface area contributed by atoms with E-state index >= 15 is 0 Å². The van der Waals surface area contributed by atoms with Crippen molar-refractivity contribution >= 4 is 17.6 Å². The highest BCUT2D eigenvalue weighted by Gasteiger charge is 2.56. The topological polar surface area (TPSA) is 204 Å². The van der Waals surface area contributed by atoms with Crippen molar-refractivity contribution in [2.45, 2.75) is 57.0 Å². The summed E-state index contributed by atoms with van der Waals surface area (Å²) in [4.78, 5) is 42.8. The van der Waals surface area contributed by atoms with Crippen molar-refractivity contribution in [1.82, 2.24) is 20.2 Å². The summed E-state index contributed by atoms with van der Waals surface area (Å²) in [5.74, 6) is -0.655. The van der Waals surface area contributed by atoms with Crippen LogP contribution >= 0.6 is 0 Å². The van der Waals surface area contributed by atoms with Crippen molar-refractivity contribution < 1.29 is 28.9 Å². The van der Waals surface area contributed by atoms with Crippen LogP contribution in [0.4, 0.5) is 10.2 Å². The van der Waals surface area contributed by atoms with Gasteiger partial charge in [-0.25, -0.2) is 9.18 Å². The average molecular weight is 470 g/mol. The van der Waals surface area contributed by atoms with Gasteiger partial charge in [0.2, 0.25) is 17.5 Å². The number of hydrogen-bond acceptors (Lipinski definition) is 9. The fourth-order valence-electron chi connectivity index (χ4n) is 3.27. The van der Waals surface area contributed by atoms with Gasteiger partial charge in [0.05, 0.1) is 6.61 Å². The molecule has 0 aromatic carbocycles. The lowest BCUT2D eigenvalue weighted by molar-refractivity contribution is -0.124. The third kappa shape index (κ3) is 5.96. The van der Waals surface area contributed by atoms with Crippen LogP contribution in [0, 0.1) is 0 Å². The van der Waals surface area contributed by atoms with E-state index in [2.05, 4.69) is 31.0 Å². The second kappa shape index (κ2) is 11.6. The largest absolute Gasteiger partial charge is 0.393 e. The molecule has 14 nitrogen and oxygen atoms in total. The molecule has 1 aromatic heterocycles. The quantitative estimate of drug-likeness (QED) is 0.158. The number of carbonyl (C=O) groups is 2. The van der Waals surface area contributed by atoms with Gasteiger partial charge in [-0.15, -0.1) is 0 Å². The van der Waals surface area contributed by atoms with E-state index in [9.17, 15) is 29.0 Å². The van der Waals surface area contributed by atoms with Crippen LogP contribution in [0.15, 0.2) is 22.2 Å². The number of halogens is 1. The molecule has 1 aliphatic rings. The summed E-state index contributed by atoms with van der Waals surface area (Å²) in [6.45, 7) is 3.27. The van der Waals surface area contributed by atoms with Crippen molar-refractivity contribution in [1.29, 1.82) is 0 Å².